The van der Waals surface area contributed by atoms with Crippen LogP contribution in [0.15, 0.2) is 18.2 Å². The minimum Gasteiger partial charge on any atom is -0.494 e. The van der Waals surface area contributed by atoms with Crippen molar-refractivity contribution in [3.8, 4) is 11.5 Å². The number of benzene rings is 1. The van der Waals surface area contributed by atoms with E-state index in [0.29, 0.717) is 5.92 Å². The first kappa shape index (κ1) is 20.1. The van der Waals surface area contributed by atoms with Gasteiger partial charge in [0.1, 0.15) is 11.5 Å². The van der Waals surface area contributed by atoms with Gasteiger partial charge in [0.25, 0.3) is 0 Å². The lowest BCUT2D eigenvalue weighted by atomic mass is 9.77. The van der Waals surface area contributed by atoms with Crippen LogP contribution in [0.4, 0.5) is 0 Å². The molecule has 0 amide bonds. The predicted molar refractivity (Wildman–Crippen MR) is 107 cm³/mol. The van der Waals surface area contributed by atoms with E-state index in [9.17, 15) is 0 Å². The van der Waals surface area contributed by atoms with Crippen LogP contribution in [0.2, 0.25) is 0 Å². The summed E-state index contributed by atoms with van der Waals surface area (Å²) in [6.45, 7) is 8.33. The molecule has 0 aliphatic heterocycles. The molecule has 1 aromatic carbocycles. The Kier molecular flexibility index (Phi) is 9.21. The van der Waals surface area contributed by atoms with Gasteiger partial charge in [0.15, 0.2) is 0 Å². The van der Waals surface area contributed by atoms with E-state index in [1.807, 2.05) is 0 Å². The lowest BCUT2D eigenvalue weighted by Gasteiger charge is -2.30. The zero-order chi connectivity index (χ0) is 17.9. The van der Waals surface area contributed by atoms with Crippen molar-refractivity contribution in [2.75, 3.05) is 13.2 Å². The summed E-state index contributed by atoms with van der Waals surface area (Å²) in [7, 11) is 0. The second kappa shape index (κ2) is 11.4. The quantitative estimate of drug-likeness (QED) is 0.397. The predicted octanol–water partition coefficient (Wildman–Crippen LogP) is 7.12. The van der Waals surface area contributed by atoms with Crippen LogP contribution >= 0.6 is 0 Å². The van der Waals surface area contributed by atoms with E-state index in [2.05, 4.69) is 39.0 Å². The van der Waals surface area contributed by atoms with Crippen LogP contribution in [-0.2, 0) is 0 Å². The van der Waals surface area contributed by atoms with Gasteiger partial charge in [0.2, 0.25) is 0 Å². The summed E-state index contributed by atoms with van der Waals surface area (Å²) in [5, 5.41) is 0. The van der Waals surface area contributed by atoms with Crippen molar-refractivity contribution in [1.29, 1.82) is 0 Å². The molecule has 2 nitrogen and oxygen atoms in total. The molecule has 0 N–H and O–H groups in total. The van der Waals surface area contributed by atoms with Gasteiger partial charge in [0.05, 0.1) is 13.2 Å². The highest BCUT2D eigenvalue weighted by molar-refractivity contribution is 5.42. The van der Waals surface area contributed by atoms with Crippen molar-refractivity contribution in [2.24, 2.45) is 5.92 Å². The highest BCUT2D eigenvalue weighted by Gasteiger charge is 2.24. The third kappa shape index (κ3) is 6.56. The van der Waals surface area contributed by atoms with E-state index in [1.165, 1.54) is 56.9 Å². The summed E-state index contributed by atoms with van der Waals surface area (Å²) in [4.78, 5) is 0. The second-order valence-corrected chi connectivity index (χ2v) is 7.61. The molecule has 0 spiro atoms. The average Bonchev–Trinajstić information content (AvgIpc) is 2.65. The molecule has 2 heteroatoms. The van der Waals surface area contributed by atoms with Gasteiger partial charge in [0, 0.05) is 5.56 Å². The molecule has 0 radical (unpaired) electrons. The first-order valence-corrected chi connectivity index (χ1v) is 10.7. The Hall–Kier alpha value is -1.18. The second-order valence-electron chi connectivity index (χ2n) is 7.61. The van der Waals surface area contributed by atoms with E-state index in [1.54, 1.807) is 0 Å². The standard InChI is InChI=1S/C23H38O2/c1-4-7-8-17-24-21-14-15-23(25-16-6-3)22(18-21)20-12-10-19(9-5-2)11-13-20/h14-15,18-20H,4-13,16-17H2,1-3H3. The molecule has 2 rings (SSSR count). The summed E-state index contributed by atoms with van der Waals surface area (Å²) in [5.41, 5.74) is 1.39. The van der Waals surface area contributed by atoms with Gasteiger partial charge < -0.3 is 9.47 Å². The Morgan fingerprint density at radius 2 is 1.64 bits per heavy atom. The molecule has 1 aliphatic carbocycles. The largest absolute Gasteiger partial charge is 0.494 e. The lowest BCUT2D eigenvalue weighted by molar-refractivity contribution is 0.282. The van der Waals surface area contributed by atoms with Crippen molar-refractivity contribution in [3.05, 3.63) is 23.8 Å². The molecule has 142 valence electrons. The summed E-state index contributed by atoms with van der Waals surface area (Å²) in [6, 6.07) is 6.49. The van der Waals surface area contributed by atoms with Crippen LogP contribution in [-0.4, -0.2) is 13.2 Å². The first-order valence-electron chi connectivity index (χ1n) is 10.7. The van der Waals surface area contributed by atoms with E-state index in [0.717, 1.165) is 43.5 Å². The van der Waals surface area contributed by atoms with Gasteiger partial charge in [-0.2, -0.15) is 0 Å². The molecule has 25 heavy (non-hydrogen) atoms. The van der Waals surface area contributed by atoms with E-state index < -0.39 is 0 Å². The first-order chi connectivity index (χ1) is 12.3. The molecule has 0 saturated heterocycles. The maximum Gasteiger partial charge on any atom is 0.123 e. The van der Waals surface area contributed by atoms with Gasteiger partial charge in [-0.1, -0.05) is 46.5 Å². The number of ether oxygens (including phenoxy) is 2. The maximum atomic E-state index is 6.06. The normalized spacial score (nSPS) is 20.4. The smallest absolute Gasteiger partial charge is 0.123 e. The molecule has 0 aromatic heterocycles. The third-order valence-electron chi connectivity index (χ3n) is 5.44. The fourth-order valence-electron chi connectivity index (χ4n) is 3.99. The molecule has 1 aromatic rings. The highest BCUT2D eigenvalue weighted by Crippen LogP contribution is 2.42. The lowest BCUT2D eigenvalue weighted by Crippen LogP contribution is -2.14. The molecule has 1 fully saturated rings. The van der Waals surface area contributed by atoms with Crippen molar-refractivity contribution < 1.29 is 9.47 Å². The maximum absolute atomic E-state index is 6.06. The Balaban J connectivity index is 2.03. The molecular weight excluding hydrogens is 308 g/mol. The Morgan fingerprint density at radius 1 is 0.840 bits per heavy atom. The highest BCUT2D eigenvalue weighted by atomic mass is 16.5. The summed E-state index contributed by atoms with van der Waals surface area (Å²) in [5.74, 6) is 3.68. The molecule has 1 saturated carbocycles. The Morgan fingerprint density at radius 3 is 2.32 bits per heavy atom. The zero-order valence-electron chi connectivity index (χ0n) is 16.7. The molecule has 0 atom stereocenters. The van der Waals surface area contributed by atoms with Gasteiger partial charge in [-0.05, 0) is 68.6 Å². The third-order valence-corrected chi connectivity index (χ3v) is 5.44. The van der Waals surface area contributed by atoms with Crippen LogP contribution in [0.5, 0.6) is 11.5 Å². The molecule has 0 heterocycles. The van der Waals surface area contributed by atoms with Gasteiger partial charge in [-0.25, -0.2) is 0 Å². The van der Waals surface area contributed by atoms with Gasteiger partial charge >= 0.3 is 0 Å². The molecule has 1 aliphatic rings. The van der Waals surface area contributed by atoms with Crippen molar-refractivity contribution in [2.45, 2.75) is 90.9 Å². The number of hydrogen-bond acceptors (Lipinski definition) is 2. The van der Waals surface area contributed by atoms with E-state index in [4.69, 9.17) is 9.47 Å². The number of unbranched alkanes of at least 4 members (excludes halogenated alkanes) is 2. The zero-order valence-corrected chi connectivity index (χ0v) is 16.7. The minimum atomic E-state index is 0.638. The van der Waals surface area contributed by atoms with Crippen LogP contribution < -0.4 is 9.47 Å². The molecular formula is C23H38O2. The van der Waals surface area contributed by atoms with Crippen LogP contribution in [0.25, 0.3) is 0 Å². The Bertz CT molecular complexity index is 475. The summed E-state index contributed by atoms with van der Waals surface area (Å²) < 4.78 is 12.1. The molecule has 0 unspecified atom stereocenters. The van der Waals surface area contributed by atoms with E-state index >= 15 is 0 Å². The topological polar surface area (TPSA) is 18.5 Å². The van der Waals surface area contributed by atoms with Gasteiger partial charge in [-0.3, -0.25) is 0 Å². The van der Waals surface area contributed by atoms with Crippen molar-refractivity contribution >= 4 is 0 Å². The minimum absolute atomic E-state index is 0.638. The fourth-order valence-corrected chi connectivity index (χ4v) is 3.99. The monoisotopic (exact) mass is 346 g/mol. The fraction of sp³-hybridized carbons (Fsp3) is 0.739. The number of hydrogen-bond donors (Lipinski definition) is 0. The van der Waals surface area contributed by atoms with Crippen LogP contribution in [0.3, 0.4) is 0 Å². The van der Waals surface area contributed by atoms with Crippen LogP contribution in [0.1, 0.15) is 96.5 Å². The van der Waals surface area contributed by atoms with Gasteiger partial charge in [-0.15, -0.1) is 0 Å². The van der Waals surface area contributed by atoms with E-state index in [-0.39, 0.29) is 0 Å². The number of rotatable bonds is 11. The van der Waals surface area contributed by atoms with Crippen molar-refractivity contribution in [1.82, 2.24) is 0 Å². The summed E-state index contributed by atoms with van der Waals surface area (Å²) in [6.07, 6.45) is 12.7. The van der Waals surface area contributed by atoms with Crippen LogP contribution in [0, 0.1) is 5.92 Å². The SMILES string of the molecule is CCCCCOc1ccc(OCCC)c(C2CCC(CCC)CC2)c1. The average molecular weight is 347 g/mol. The molecule has 0 bridgehead atoms. The summed E-state index contributed by atoms with van der Waals surface area (Å²) >= 11 is 0. The Labute approximate surface area is 155 Å². The van der Waals surface area contributed by atoms with Crippen molar-refractivity contribution in [3.63, 3.8) is 0 Å².